The molecule has 3 fully saturated rings. The summed E-state index contributed by atoms with van der Waals surface area (Å²) in [6, 6.07) is 17.0. The van der Waals surface area contributed by atoms with E-state index in [0.29, 0.717) is 56.1 Å². The molecule has 3 aliphatic rings. The quantitative estimate of drug-likeness (QED) is 0.0599. The van der Waals surface area contributed by atoms with Gasteiger partial charge in [-0.15, -0.1) is 0 Å². The Bertz CT molecular complexity index is 4770. The minimum atomic E-state index is -0.441. The van der Waals surface area contributed by atoms with Gasteiger partial charge in [-0.25, -0.2) is 39.6 Å². The smallest absolute Gasteiger partial charge is 0.250 e. The van der Waals surface area contributed by atoms with E-state index in [1.165, 1.54) is 49.5 Å². The maximum atomic E-state index is 14.2. The molecule has 0 bridgehead atoms. The van der Waals surface area contributed by atoms with E-state index >= 15 is 0 Å². The fraction of sp³-hybridized carbons (Fsp3) is 0.412. The highest BCUT2D eigenvalue weighted by atomic mass is 32.1. The fourth-order valence-electron chi connectivity index (χ4n) is 13.7. The molecule has 13 heterocycles. The molecule has 97 heavy (non-hydrogen) atoms. The Kier molecular flexibility index (Phi) is 18.4. The Morgan fingerprint density at radius 3 is 1.42 bits per heavy atom. The summed E-state index contributed by atoms with van der Waals surface area (Å²) >= 11 is 9.18. The summed E-state index contributed by atoms with van der Waals surface area (Å²) < 4.78 is 16.9. The number of thiazole rings is 6. The summed E-state index contributed by atoms with van der Waals surface area (Å²) in [5.41, 5.74) is 6.09. The van der Waals surface area contributed by atoms with Crippen LogP contribution in [0.25, 0.3) is 94.2 Å². The first-order chi connectivity index (χ1) is 46.0. The van der Waals surface area contributed by atoms with E-state index in [2.05, 4.69) is 132 Å². The number of aryl methyl sites for hydroxylation is 2. The Morgan fingerprint density at radius 1 is 0.515 bits per heavy atom. The van der Waals surface area contributed by atoms with Gasteiger partial charge in [0.1, 0.15) is 38.0 Å². The van der Waals surface area contributed by atoms with E-state index in [1.54, 1.807) is 109 Å². The number of aromatic nitrogens is 12. The number of halogens is 1. The average Bonchev–Trinajstić information content (AvgIpc) is 1.65. The number of benzene rings is 2. The lowest BCUT2D eigenvalue weighted by molar-refractivity contribution is 0.160. The van der Waals surface area contributed by atoms with Crippen molar-refractivity contribution in [3.8, 4) is 82.5 Å². The second-order valence-corrected chi connectivity index (χ2v) is 33.8. The largest absolute Gasteiger partial charge is 0.507 e. The lowest BCUT2D eigenvalue weighted by Gasteiger charge is -2.48. The number of H-pyrrole nitrogens is 1. The number of piperidine rings is 3. The number of hydrogen-bond acceptors (Lipinski definition) is 25. The first kappa shape index (κ1) is 67.7. The molecule has 0 saturated carbocycles. The molecule has 0 radical (unpaired) electrons. The number of nitrogens with one attached hydrogen (secondary N) is 4. The van der Waals surface area contributed by atoms with Crippen molar-refractivity contribution in [3.63, 3.8) is 0 Å². The minimum absolute atomic E-state index is 0.0543. The molecule has 0 spiro atoms. The Morgan fingerprint density at radius 2 is 0.969 bits per heavy atom. The molecule has 0 unspecified atom stereocenters. The maximum Gasteiger partial charge on any atom is 0.250 e. The SMILES string of the molecule is CN(c1nc2sc(-c3ccc(-c4ccn(C)c(=O)c4)cc3O)nc2s1)C1CC(C)(C)NC(C)(C)C1.CN(c1nc2sc(-c3ccc(-c4cnn(C)c4F)cc3O)nc2s1)C1CC(C)(C)NC(C)(C)C1.CN(c1nc2sc(-c3ncc(-c4cn[nH]c4)cc3O)nc2s1)C1CCNCC1. The number of aromatic hydroxyl groups is 3. The van der Waals surface area contributed by atoms with Crippen molar-refractivity contribution < 1.29 is 19.7 Å². The van der Waals surface area contributed by atoms with Crippen LogP contribution >= 0.6 is 68.0 Å². The molecule has 0 atom stereocenters. The van der Waals surface area contributed by atoms with Gasteiger partial charge in [0.05, 0.1) is 29.1 Å². The lowest BCUT2D eigenvalue weighted by atomic mass is 9.79. The number of pyridine rings is 2. The Balaban J connectivity index is 0.000000132. The van der Waals surface area contributed by atoms with Gasteiger partial charge in [-0.05, 0) is 160 Å². The van der Waals surface area contributed by atoms with E-state index in [0.717, 1.165) is 123 Å². The van der Waals surface area contributed by atoms with E-state index < -0.39 is 5.95 Å². The second-order valence-electron chi connectivity index (χ2n) is 28.0. The van der Waals surface area contributed by atoms with E-state index in [9.17, 15) is 24.5 Å². The summed E-state index contributed by atoms with van der Waals surface area (Å²) in [5, 5.41) is 58.4. The third kappa shape index (κ3) is 14.5. The van der Waals surface area contributed by atoms with Crippen molar-refractivity contribution in [1.82, 2.24) is 75.4 Å². The molecule has 22 nitrogen and oxygen atoms in total. The zero-order chi connectivity index (χ0) is 68.6. The van der Waals surface area contributed by atoms with Crippen LogP contribution in [0.2, 0.25) is 0 Å². The molecular formula is C68H79FN18O4S6. The standard InChI is InChI=1S/C26H31N5O2S2.C24H29FN6OS2.C18H19N7OS2/c1-25(2)13-17(14-26(3,4)29-25)31(6)24-28-23-22(35-24)27-21(34-23)18-8-7-15(11-19(18)32)16-9-10-30(5)20(33)12-16;1-23(2)10-14(11-24(3,4)29-23)30(5)22-28-21-20(34-22)27-19(33-21)15-8-7-13(9-17(15)32)16-12-26-31(6)18(16)25;1-25(12-2-4-19-5-3-12)18-24-17-16(28-18)23-15(27-17)14-13(26)6-10(7-20-14)11-8-21-22-9-11/h7-12,17,29,32H,13-14H2,1-6H3;7-9,12,14,29,32H,10-11H2,1-6H3;6-9,12,19,26H,2-5H2,1H3,(H,21,22). The van der Waals surface area contributed by atoms with Crippen LogP contribution in [0.5, 0.6) is 17.2 Å². The first-order valence-electron chi connectivity index (χ1n) is 32.0. The van der Waals surface area contributed by atoms with Crippen LogP contribution in [-0.4, -0.2) is 149 Å². The monoisotopic (exact) mass is 1420 g/mol. The van der Waals surface area contributed by atoms with Crippen LogP contribution < -0.4 is 36.2 Å². The van der Waals surface area contributed by atoms with Crippen molar-refractivity contribution in [2.45, 2.75) is 134 Å². The number of hydrogen-bond donors (Lipinski definition) is 7. The Labute approximate surface area is 585 Å². The van der Waals surface area contributed by atoms with Crippen molar-refractivity contribution in [2.24, 2.45) is 14.1 Å². The molecule has 7 N–H and O–H groups in total. The third-order valence-electron chi connectivity index (χ3n) is 18.1. The number of rotatable bonds is 12. The topological polar surface area (TPSA) is 265 Å². The zero-order valence-electron chi connectivity index (χ0n) is 56.3. The van der Waals surface area contributed by atoms with Crippen molar-refractivity contribution in [1.29, 1.82) is 0 Å². The summed E-state index contributed by atoms with van der Waals surface area (Å²) in [6.45, 7) is 20.2. The van der Waals surface area contributed by atoms with E-state index in [4.69, 9.17) is 24.9 Å². The van der Waals surface area contributed by atoms with Crippen molar-refractivity contribution in [2.75, 3.05) is 48.9 Å². The molecule has 508 valence electrons. The van der Waals surface area contributed by atoms with Crippen LogP contribution in [-0.2, 0) is 14.1 Å². The molecule has 3 aliphatic heterocycles. The van der Waals surface area contributed by atoms with Gasteiger partial charge in [0.2, 0.25) is 5.95 Å². The van der Waals surface area contributed by atoms with Gasteiger partial charge >= 0.3 is 0 Å². The van der Waals surface area contributed by atoms with Crippen LogP contribution in [0.15, 0.2) is 90.4 Å². The summed E-state index contributed by atoms with van der Waals surface area (Å²) in [7, 11) is 9.62. The molecule has 29 heteroatoms. The van der Waals surface area contributed by atoms with Crippen LogP contribution in [0.1, 0.15) is 93.9 Å². The molecule has 3 saturated heterocycles. The van der Waals surface area contributed by atoms with Crippen LogP contribution in [0.3, 0.4) is 0 Å². The highest BCUT2D eigenvalue weighted by Gasteiger charge is 2.42. The molecular weight excluding hydrogens is 1340 g/mol. The summed E-state index contributed by atoms with van der Waals surface area (Å²) in [5.74, 6) is -0.143. The van der Waals surface area contributed by atoms with Crippen molar-refractivity contribution in [3.05, 3.63) is 102 Å². The third-order valence-corrected chi connectivity index (χ3v) is 24.5. The van der Waals surface area contributed by atoms with Gasteiger partial charge in [0.25, 0.3) is 5.56 Å². The van der Waals surface area contributed by atoms with E-state index in [-0.39, 0.29) is 45.0 Å². The van der Waals surface area contributed by atoms with Gasteiger partial charge in [-0.3, -0.25) is 9.89 Å². The predicted molar refractivity (Wildman–Crippen MR) is 395 cm³/mol. The minimum Gasteiger partial charge on any atom is -0.507 e. The summed E-state index contributed by atoms with van der Waals surface area (Å²) in [6.07, 6.45) is 14.8. The van der Waals surface area contributed by atoms with Crippen LogP contribution in [0, 0.1) is 5.95 Å². The lowest BCUT2D eigenvalue weighted by Crippen LogP contribution is -2.61. The number of aromatic amines is 1. The molecule has 0 amide bonds. The number of phenols is 2. The molecule has 12 aromatic rings. The van der Waals surface area contributed by atoms with Gasteiger partial charge in [0.15, 0.2) is 44.4 Å². The van der Waals surface area contributed by atoms with Crippen LogP contribution in [0.4, 0.5) is 19.8 Å². The number of anilines is 3. The fourth-order valence-corrected chi connectivity index (χ4v) is 20.0. The van der Waals surface area contributed by atoms with Gasteiger partial charge in [0, 0.05) is 111 Å². The normalized spacial score (nSPS) is 17.1. The second kappa shape index (κ2) is 26.4. The maximum absolute atomic E-state index is 14.2. The van der Waals surface area contributed by atoms with Gasteiger partial charge < -0.3 is 50.5 Å². The van der Waals surface area contributed by atoms with Gasteiger partial charge in [-0.2, -0.15) is 14.6 Å². The highest BCUT2D eigenvalue weighted by Crippen LogP contribution is 2.46. The predicted octanol–water partition coefficient (Wildman–Crippen LogP) is 13.7. The molecule has 15 rings (SSSR count). The molecule has 0 aliphatic carbocycles. The number of nitrogens with zero attached hydrogens (tertiary/aromatic N) is 14. The summed E-state index contributed by atoms with van der Waals surface area (Å²) in [4.78, 5) is 57.3. The molecule has 2 aromatic carbocycles. The number of phenolic OH excluding ortho intramolecular Hbond substituents is 2. The Hall–Kier alpha value is -7.87. The van der Waals surface area contributed by atoms with Gasteiger partial charge in [-0.1, -0.05) is 80.2 Å². The first-order valence-corrected chi connectivity index (χ1v) is 36.9. The van der Waals surface area contributed by atoms with Crippen molar-refractivity contribution >= 4 is 112 Å². The molecule has 10 aromatic heterocycles. The average molecular weight is 1420 g/mol. The highest BCUT2D eigenvalue weighted by molar-refractivity contribution is 7.31. The number of fused-ring (bicyclic) bond motifs is 3. The van der Waals surface area contributed by atoms with E-state index in [1.807, 2.05) is 18.2 Å². The zero-order valence-corrected chi connectivity index (χ0v) is 61.2.